The first kappa shape index (κ1) is 12.8. The molecule has 0 aromatic carbocycles. The second-order valence-corrected chi connectivity index (χ2v) is 4.82. The minimum absolute atomic E-state index is 0.0146. The molecule has 1 fully saturated rings. The first-order valence-corrected chi connectivity index (χ1v) is 6.54. The minimum Gasteiger partial charge on any atom is -0.352 e. The molecule has 96 valence electrons. The highest BCUT2D eigenvalue weighted by Gasteiger charge is 2.29. The Balaban J connectivity index is 1.77. The fourth-order valence-electron chi connectivity index (χ4n) is 2.31. The molecular weight excluding hydrogens is 219 g/mol. The molecule has 0 aromatic heterocycles. The summed E-state index contributed by atoms with van der Waals surface area (Å²) < 4.78 is 24.4. The Bertz CT molecular complexity index is 291. The molecule has 1 saturated heterocycles. The molecule has 0 spiro atoms. The molecule has 3 heteroatoms. The van der Waals surface area contributed by atoms with Crippen LogP contribution in [0.1, 0.15) is 32.6 Å². The molecule has 1 atom stereocenters. The average molecular weight is 240 g/mol. The maximum absolute atomic E-state index is 12.9. The monoisotopic (exact) mass is 240 g/mol. The molecule has 2 aliphatic rings. The van der Waals surface area contributed by atoms with Gasteiger partial charge in [-0.2, -0.15) is 0 Å². The van der Waals surface area contributed by atoms with Crippen molar-refractivity contribution in [1.29, 1.82) is 0 Å². The second-order valence-electron chi connectivity index (χ2n) is 4.82. The zero-order valence-electron chi connectivity index (χ0n) is 10.4. The lowest BCUT2D eigenvalue weighted by Gasteiger charge is -2.34. The topological polar surface area (TPSA) is 18.5 Å². The molecule has 1 unspecified atom stereocenters. The van der Waals surface area contributed by atoms with Crippen molar-refractivity contribution in [2.75, 3.05) is 13.2 Å². The summed E-state index contributed by atoms with van der Waals surface area (Å²) in [5, 5.41) is 0. The predicted molar refractivity (Wildman–Crippen MR) is 65.1 cm³/mol. The number of hydrogen-bond acceptors (Lipinski definition) is 2. The smallest absolute Gasteiger partial charge is 0.160 e. The van der Waals surface area contributed by atoms with Crippen LogP contribution in [0.5, 0.6) is 0 Å². The summed E-state index contributed by atoms with van der Waals surface area (Å²) in [5.74, 6) is 0.716. The zero-order chi connectivity index (χ0) is 12.1. The van der Waals surface area contributed by atoms with Crippen molar-refractivity contribution < 1.29 is 13.9 Å². The Hall–Kier alpha value is -0.670. The molecule has 2 nitrogen and oxygen atoms in total. The Morgan fingerprint density at radius 1 is 1.41 bits per heavy atom. The van der Waals surface area contributed by atoms with Gasteiger partial charge in [-0.05, 0) is 25.7 Å². The molecule has 0 bridgehead atoms. The van der Waals surface area contributed by atoms with Crippen molar-refractivity contribution in [3.8, 4) is 0 Å². The highest BCUT2D eigenvalue weighted by atomic mass is 19.1. The lowest BCUT2D eigenvalue weighted by atomic mass is 9.92. The minimum atomic E-state index is -0.134. The van der Waals surface area contributed by atoms with E-state index in [-0.39, 0.29) is 12.1 Å². The van der Waals surface area contributed by atoms with Gasteiger partial charge in [-0.3, -0.25) is 0 Å². The van der Waals surface area contributed by atoms with Gasteiger partial charge in [0.05, 0.1) is 19.0 Å². The van der Waals surface area contributed by atoms with Gasteiger partial charge in [0, 0.05) is 11.8 Å². The van der Waals surface area contributed by atoms with Crippen molar-refractivity contribution in [2.24, 2.45) is 11.8 Å². The summed E-state index contributed by atoms with van der Waals surface area (Å²) in [6.45, 7) is 3.57. The van der Waals surface area contributed by atoms with Gasteiger partial charge >= 0.3 is 0 Å². The summed E-state index contributed by atoms with van der Waals surface area (Å²) in [4.78, 5) is 0. The van der Waals surface area contributed by atoms with Gasteiger partial charge in [-0.25, -0.2) is 4.39 Å². The molecule has 1 aliphatic heterocycles. The average Bonchev–Trinajstić information content (AvgIpc) is 2.38. The molecule has 17 heavy (non-hydrogen) atoms. The second kappa shape index (κ2) is 6.31. The van der Waals surface area contributed by atoms with Crippen LogP contribution >= 0.6 is 0 Å². The lowest BCUT2D eigenvalue weighted by molar-refractivity contribution is -0.219. The van der Waals surface area contributed by atoms with Crippen LogP contribution in [0.2, 0.25) is 0 Å². The van der Waals surface area contributed by atoms with E-state index >= 15 is 0 Å². The van der Waals surface area contributed by atoms with Crippen molar-refractivity contribution in [2.45, 2.75) is 38.9 Å². The number of halogens is 1. The summed E-state index contributed by atoms with van der Waals surface area (Å²) >= 11 is 0. The van der Waals surface area contributed by atoms with E-state index in [0.717, 1.165) is 32.5 Å². The van der Waals surface area contributed by atoms with Crippen molar-refractivity contribution >= 4 is 0 Å². The van der Waals surface area contributed by atoms with Gasteiger partial charge < -0.3 is 9.47 Å². The third kappa shape index (κ3) is 3.65. The molecule has 2 rings (SSSR count). The van der Waals surface area contributed by atoms with Crippen LogP contribution in [-0.2, 0) is 9.47 Å². The first-order valence-electron chi connectivity index (χ1n) is 6.54. The van der Waals surface area contributed by atoms with Crippen LogP contribution in [0.25, 0.3) is 0 Å². The molecule has 1 heterocycles. The van der Waals surface area contributed by atoms with Gasteiger partial charge in [-0.15, -0.1) is 0 Å². The summed E-state index contributed by atoms with van der Waals surface area (Å²) in [6.07, 6.45) is 9.01. The van der Waals surface area contributed by atoms with Crippen LogP contribution in [-0.4, -0.2) is 19.5 Å². The number of ether oxygens (including phenoxy) is 2. The number of hydrogen-bond donors (Lipinski definition) is 0. The Labute approximate surface area is 102 Å². The maximum atomic E-state index is 12.9. The van der Waals surface area contributed by atoms with Crippen LogP contribution in [0.3, 0.4) is 0 Å². The van der Waals surface area contributed by atoms with Crippen molar-refractivity contribution in [1.82, 2.24) is 0 Å². The highest BCUT2D eigenvalue weighted by Crippen LogP contribution is 2.30. The molecule has 0 amide bonds. The van der Waals surface area contributed by atoms with E-state index in [2.05, 4.69) is 19.1 Å². The van der Waals surface area contributed by atoms with Crippen LogP contribution in [0.4, 0.5) is 4.39 Å². The van der Waals surface area contributed by atoms with E-state index in [0.29, 0.717) is 18.3 Å². The molecule has 1 aliphatic carbocycles. The molecule has 0 aromatic rings. The highest BCUT2D eigenvalue weighted by molar-refractivity contribution is 4.99. The van der Waals surface area contributed by atoms with E-state index in [1.165, 1.54) is 0 Å². The van der Waals surface area contributed by atoms with Crippen molar-refractivity contribution in [3.63, 3.8) is 0 Å². The summed E-state index contributed by atoms with van der Waals surface area (Å²) in [7, 11) is 0. The van der Waals surface area contributed by atoms with E-state index < -0.39 is 0 Å². The third-order valence-electron chi connectivity index (χ3n) is 3.37. The lowest BCUT2D eigenvalue weighted by Crippen LogP contribution is -2.36. The zero-order valence-corrected chi connectivity index (χ0v) is 10.4. The maximum Gasteiger partial charge on any atom is 0.160 e. The predicted octanol–water partition coefficient (Wildman–Crippen LogP) is 3.60. The third-order valence-corrected chi connectivity index (χ3v) is 3.37. The SMILES string of the molecule is CCC=CC1COC(C2CC=C(F)CC2)OC1. The Morgan fingerprint density at radius 2 is 2.18 bits per heavy atom. The Kier molecular flexibility index (Phi) is 4.75. The van der Waals surface area contributed by atoms with Crippen LogP contribution < -0.4 is 0 Å². The largest absolute Gasteiger partial charge is 0.352 e. The van der Waals surface area contributed by atoms with Gasteiger partial charge in [0.25, 0.3) is 0 Å². The fraction of sp³-hybridized carbons (Fsp3) is 0.714. The van der Waals surface area contributed by atoms with Gasteiger partial charge in [0.2, 0.25) is 0 Å². The summed E-state index contributed by atoms with van der Waals surface area (Å²) in [5.41, 5.74) is 0. The normalized spacial score (nSPS) is 34.9. The first-order chi connectivity index (χ1) is 8.29. The van der Waals surface area contributed by atoms with Crippen LogP contribution in [0.15, 0.2) is 24.1 Å². The number of rotatable bonds is 3. The number of allylic oxidation sites excluding steroid dienone is 3. The van der Waals surface area contributed by atoms with E-state index in [1.54, 1.807) is 6.08 Å². The van der Waals surface area contributed by atoms with Crippen LogP contribution in [0, 0.1) is 11.8 Å². The molecule has 0 saturated carbocycles. The van der Waals surface area contributed by atoms with Gasteiger partial charge in [0.15, 0.2) is 6.29 Å². The fourth-order valence-corrected chi connectivity index (χ4v) is 2.31. The Morgan fingerprint density at radius 3 is 2.76 bits per heavy atom. The molecule has 0 radical (unpaired) electrons. The van der Waals surface area contributed by atoms with E-state index in [1.807, 2.05) is 0 Å². The van der Waals surface area contributed by atoms with E-state index in [9.17, 15) is 4.39 Å². The standard InChI is InChI=1S/C14H21FO2/c1-2-3-4-11-9-16-14(17-10-11)12-5-7-13(15)8-6-12/h3-4,7,11-12,14H,2,5-6,8-10H2,1H3. The van der Waals surface area contributed by atoms with E-state index in [4.69, 9.17) is 9.47 Å². The molecule has 0 N–H and O–H groups in total. The summed E-state index contributed by atoms with van der Waals surface area (Å²) in [6, 6.07) is 0. The van der Waals surface area contributed by atoms with Gasteiger partial charge in [-0.1, -0.05) is 25.2 Å². The van der Waals surface area contributed by atoms with Crippen molar-refractivity contribution in [3.05, 3.63) is 24.1 Å². The van der Waals surface area contributed by atoms with Gasteiger partial charge in [0.1, 0.15) is 0 Å². The molecular formula is C14H21FO2. The quantitative estimate of drug-likeness (QED) is 0.702.